The zero-order chi connectivity index (χ0) is 21.5. The van der Waals surface area contributed by atoms with Gasteiger partial charge in [-0.25, -0.2) is 9.78 Å². The summed E-state index contributed by atoms with van der Waals surface area (Å²) in [6, 6.07) is 15.9. The van der Waals surface area contributed by atoms with E-state index < -0.39 is 0 Å². The molecule has 0 saturated heterocycles. The van der Waals surface area contributed by atoms with Crippen molar-refractivity contribution < 1.29 is 9.59 Å². The van der Waals surface area contributed by atoms with Gasteiger partial charge in [0.05, 0.1) is 11.6 Å². The van der Waals surface area contributed by atoms with Crippen LogP contribution >= 0.6 is 11.3 Å². The maximum Gasteiger partial charge on any atom is 0.319 e. The molecule has 0 radical (unpaired) electrons. The Bertz CT molecular complexity index is 1080. The summed E-state index contributed by atoms with van der Waals surface area (Å²) < 4.78 is 0. The third-order valence-corrected chi connectivity index (χ3v) is 4.95. The van der Waals surface area contributed by atoms with E-state index in [9.17, 15) is 9.59 Å². The average Bonchev–Trinajstić information content (AvgIpc) is 3.14. The van der Waals surface area contributed by atoms with Gasteiger partial charge in [-0.05, 0) is 49.7 Å². The molecule has 0 saturated carbocycles. The van der Waals surface area contributed by atoms with Crippen LogP contribution in [0.3, 0.4) is 0 Å². The van der Waals surface area contributed by atoms with Crippen molar-refractivity contribution in [3.8, 4) is 6.07 Å². The second-order valence-electron chi connectivity index (χ2n) is 6.91. The van der Waals surface area contributed by atoms with Crippen LogP contribution in [0, 0.1) is 11.3 Å². The van der Waals surface area contributed by atoms with E-state index >= 15 is 0 Å². The van der Waals surface area contributed by atoms with Crippen LogP contribution in [0.2, 0.25) is 0 Å². The van der Waals surface area contributed by atoms with Crippen molar-refractivity contribution in [1.82, 2.24) is 10.3 Å². The third kappa shape index (κ3) is 5.90. The van der Waals surface area contributed by atoms with Crippen molar-refractivity contribution >= 4 is 34.1 Å². The van der Waals surface area contributed by atoms with Gasteiger partial charge in [0.15, 0.2) is 5.13 Å². The number of nitriles is 1. The highest BCUT2D eigenvalue weighted by molar-refractivity contribution is 7.15. The molecule has 3 amide bonds. The second kappa shape index (κ2) is 9.67. The zero-order valence-electron chi connectivity index (χ0n) is 16.6. The van der Waals surface area contributed by atoms with E-state index in [1.165, 1.54) is 11.3 Å². The minimum Gasteiger partial charge on any atom is -0.336 e. The monoisotopic (exact) mass is 419 g/mol. The van der Waals surface area contributed by atoms with Gasteiger partial charge in [0.25, 0.3) is 5.91 Å². The van der Waals surface area contributed by atoms with E-state index in [-0.39, 0.29) is 18.0 Å². The first kappa shape index (κ1) is 21.0. The van der Waals surface area contributed by atoms with Crippen molar-refractivity contribution in [3.05, 3.63) is 76.3 Å². The second-order valence-corrected chi connectivity index (χ2v) is 8.02. The van der Waals surface area contributed by atoms with Crippen LogP contribution in [0.25, 0.3) is 0 Å². The van der Waals surface area contributed by atoms with Gasteiger partial charge in [0.1, 0.15) is 0 Å². The van der Waals surface area contributed by atoms with Gasteiger partial charge in [-0.2, -0.15) is 5.26 Å². The molecule has 152 valence electrons. The molecule has 30 heavy (non-hydrogen) atoms. The van der Waals surface area contributed by atoms with E-state index in [2.05, 4.69) is 27.0 Å². The maximum absolute atomic E-state index is 12.6. The van der Waals surface area contributed by atoms with Gasteiger partial charge < -0.3 is 10.6 Å². The summed E-state index contributed by atoms with van der Waals surface area (Å²) in [7, 11) is 0. The first-order chi connectivity index (χ1) is 14.4. The topological polar surface area (TPSA) is 107 Å². The summed E-state index contributed by atoms with van der Waals surface area (Å²) in [5.74, 6) is -0.304. The molecule has 3 rings (SSSR count). The largest absolute Gasteiger partial charge is 0.336 e. The van der Waals surface area contributed by atoms with Crippen LogP contribution in [-0.4, -0.2) is 23.0 Å². The molecule has 0 aliphatic rings. The van der Waals surface area contributed by atoms with Gasteiger partial charge in [-0.1, -0.05) is 18.2 Å². The molecule has 3 N–H and O–H groups in total. The van der Waals surface area contributed by atoms with Gasteiger partial charge in [-0.3, -0.25) is 10.1 Å². The molecular weight excluding hydrogens is 398 g/mol. The van der Waals surface area contributed by atoms with E-state index in [1.807, 2.05) is 26.0 Å². The summed E-state index contributed by atoms with van der Waals surface area (Å²) in [5, 5.41) is 17.6. The predicted octanol–water partition coefficient (Wildman–Crippen LogP) is 4.39. The Balaban J connectivity index is 1.61. The number of hydrogen-bond acceptors (Lipinski definition) is 5. The zero-order valence-corrected chi connectivity index (χ0v) is 17.4. The molecule has 3 aromatic rings. The standard InChI is InChI=1S/C22H21N5O2S/c1-14(2)25-21(29)26-18-5-3-4-17(11-18)20(28)27-22-24-13-19(30-22)10-15-6-8-16(12-23)9-7-15/h3-9,11,13-14H,10H2,1-2H3,(H,24,27,28)(H2,25,26,29). The average molecular weight is 420 g/mol. The third-order valence-electron chi connectivity index (χ3n) is 4.04. The molecule has 0 unspecified atom stereocenters. The highest BCUT2D eigenvalue weighted by atomic mass is 32.1. The fraction of sp³-hybridized carbons (Fsp3) is 0.182. The van der Waals surface area contributed by atoms with Crippen LogP contribution in [0.5, 0.6) is 0 Å². The fourth-order valence-electron chi connectivity index (χ4n) is 2.68. The Morgan fingerprint density at radius 1 is 1.13 bits per heavy atom. The molecule has 1 heterocycles. The molecule has 7 nitrogen and oxygen atoms in total. The van der Waals surface area contributed by atoms with Crippen molar-refractivity contribution in [1.29, 1.82) is 5.26 Å². The van der Waals surface area contributed by atoms with Gasteiger partial charge in [0.2, 0.25) is 0 Å². The van der Waals surface area contributed by atoms with Gasteiger partial charge >= 0.3 is 6.03 Å². The number of benzene rings is 2. The van der Waals surface area contributed by atoms with Crippen LogP contribution < -0.4 is 16.0 Å². The summed E-state index contributed by atoms with van der Waals surface area (Å²) in [6.07, 6.45) is 2.40. The highest BCUT2D eigenvalue weighted by Crippen LogP contribution is 2.22. The minimum atomic E-state index is -0.324. The number of hydrogen-bond donors (Lipinski definition) is 3. The molecule has 1 aromatic heterocycles. The Kier molecular flexibility index (Phi) is 6.78. The first-order valence-corrected chi connectivity index (χ1v) is 10.2. The number of carbonyl (C=O) groups excluding carboxylic acids is 2. The van der Waals surface area contributed by atoms with Crippen molar-refractivity contribution in [3.63, 3.8) is 0 Å². The lowest BCUT2D eigenvalue weighted by Gasteiger charge is -2.10. The van der Waals surface area contributed by atoms with Crippen molar-refractivity contribution in [2.24, 2.45) is 0 Å². The predicted molar refractivity (Wildman–Crippen MR) is 118 cm³/mol. The minimum absolute atomic E-state index is 0.0138. The molecular formula is C22H21N5O2S. The SMILES string of the molecule is CC(C)NC(=O)Nc1cccc(C(=O)Nc2ncc(Cc3ccc(C#N)cc3)s2)c1. The lowest BCUT2D eigenvalue weighted by atomic mass is 10.1. The number of nitrogens with one attached hydrogen (secondary N) is 3. The fourth-order valence-corrected chi connectivity index (χ4v) is 3.52. The van der Waals surface area contributed by atoms with Crippen LogP contribution in [-0.2, 0) is 6.42 Å². The Morgan fingerprint density at radius 3 is 2.60 bits per heavy atom. The lowest BCUT2D eigenvalue weighted by Crippen LogP contribution is -2.34. The molecule has 0 aliphatic carbocycles. The lowest BCUT2D eigenvalue weighted by molar-refractivity contribution is 0.102. The number of rotatable bonds is 6. The van der Waals surface area contributed by atoms with E-state index in [0.717, 1.165) is 10.4 Å². The molecule has 0 fully saturated rings. The van der Waals surface area contributed by atoms with Crippen LogP contribution in [0.1, 0.15) is 40.2 Å². The first-order valence-electron chi connectivity index (χ1n) is 9.35. The number of amides is 3. The molecule has 0 atom stereocenters. The van der Waals surface area contributed by atoms with Gasteiger partial charge in [-0.15, -0.1) is 11.3 Å². The van der Waals surface area contributed by atoms with Crippen LogP contribution in [0.4, 0.5) is 15.6 Å². The van der Waals surface area contributed by atoms with Crippen molar-refractivity contribution in [2.75, 3.05) is 10.6 Å². The molecule has 2 aromatic carbocycles. The number of thiazole rings is 1. The normalized spacial score (nSPS) is 10.3. The quantitative estimate of drug-likeness (QED) is 0.551. The molecule has 8 heteroatoms. The number of nitrogens with zero attached hydrogens (tertiary/aromatic N) is 2. The Hall–Kier alpha value is -3.70. The number of carbonyl (C=O) groups is 2. The number of aromatic nitrogens is 1. The Morgan fingerprint density at radius 2 is 1.90 bits per heavy atom. The molecule has 0 bridgehead atoms. The highest BCUT2D eigenvalue weighted by Gasteiger charge is 2.11. The molecule has 0 aliphatic heterocycles. The number of urea groups is 1. The van der Waals surface area contributed by atoms with Gasteiger partial charge in [0, 0.05) is 34.8 Å². The smallest absolute Gasteiger partial charge is 0.319 e. The van der Waals surface area contributed by atoms with Crippen LogP contribution in [0.15, 0.2) is 54.7 Å². The number of anilines is 2. The van der Waals surface area contributed by atoms with Crippen molar-refractivity contribution in [2.45, 2.75) is 26.3 Å². The summed E-state index contributed by atoms with van der Waals surface area (Å²) in [4.78, 5) is 29.7. The summed E-state index contributed by atoms with van der Waals surface area (Å²) in [6.45, 7) is 3.74. The van der Waals surface area contributed by atoms with E-state index in [4.69, 9.17) is 5.26 Å². The van der Waals surface area contributed by atoms with E-state index in [1.54, 1.807) is 42.6 Å². The molecule has 0 spiro atoms. The van der Waals surface area contributed by atoms with E-state index in [0.29, 0.717) is 28.4 Å². The Labute approximate surface area is 178 Å². The summed E-state index contributed by atoms with van der Waals surface area (Å²) >= 11 is 1.39. The summed E-state index contributed by atoms with van der Waals surface area (Å²) in [5.41, 5.74) is 2.63. The maximum atomic E-state index is 12.6.